The predicted molar refractivity (Wildman–Crippen MR) is 105 cm³/mol. The van der Waals surface area contributed by atoms with Gasteiger partial charge in [-0.15, -0.1) is 0 Å². The Hall–Kier alpha value is -3.55. The van der Waals surface area contributed by atoms with Crippen molar-refractivity contribution in [2.75, 3.05) is 26.2 Å². The van der Waals surface area contributed by atoms with Gasteiger partial charge in [-0.1, -0.05) is 6.07 Å². The van der Waals surface area contributed by atoms with Crippen LogP contribution in [0.2, 0.25) is 0 Å². The number of aromatic nitrogens is 3. The third-order valence-corrected chi connectivity index (χ3v) is 5.06. The largest absolute Gasteiger partial charge is 0.335 e. The van der Waals surface area contributed by atoms with Gasteiger partial charge in [-0.2, -0.15) is 5.10 Å². The summed E-state index contributed by atoms with van der Waals surface area (Å²) in [5, 5.41) is 6.99. The number of carbonyl (C=O) groups excluding carboxylic acids is 2. The topological polar surface area (TPSA) is 82.2 Å². The molecule has 1 fully saturated rings. The standard InChI is InChI=1S/C21H20FN5O2/c1-14-2-3-16(12-17(14)22)20(28)26-8-10-27(11-9-26)21(29)19-13-18(24-25-19)15-4-6-23-7-5-15/h2-7,12-13H,8-11H2,1H3,(H,24,25). The van der Waals surface area contributed by atoms with Gasteiger partial charge in [-0.3, -0.25) is 19.7 Å². The minimum absolute atomic E-state index is 0.161. The zero-order valence-electron chi connectivity index (χ0n) is 15.9. The molecule has 0 radical (unpaired) electrons. The number of piperazine rings is 1. The van der Waals surface area contributed by atoms with Crippen molar-refractivity contribution in [3.05, 3.63) is 71.4 Å². The SMILES string of the molecule is Cc1ccc(C(=O)N2CCN(C(=O)c3cc(-c4ccncc4)n[nH]3)CC2)cc1F. The Morgan fingerprint density at radius 3 is 2.28 bits per heavy atom. The van der Waals surface area contributed by atoms with Crippen molar-refractivity contribution in [2.24, 2.45) is 0 Å². The molecule has 0 atom stereocenters. The van der Waals surface area contributed by atoms with E-state index in [4.69, 9.17) is 0 Å². The highest BCUT2D eigenvalue weighted by Gasteiger charge is 2.26. The lowest BCUT2D eigenvalue weighted by Gasteiger charge is -2.34. The van der Waals surface area contributed by atoms with Crippen LogP contribution in [0.3, 0.4) is 0 Å². The molecular formula is C21H20FN5O2. The number of carbonyl (C=O) groups is 2. The molecule has 4 rings (SSSR count). The van der Waals surface area contributed by atoms with Crippen molar-refractivity contribution in [3.63, 3.8) is 0 Å². The fourth-order valence-electron chi connectivity index (χ4n) is 3.29. The van der Waals surface area contributed by atoms with E-state index in [0.717, 1.165) is 5.56 Å². The molecule has 3 aromatic rings. The number of aromatic amines is 1. The maximum Gasteiger partial charge on any atom is 0.272 e. The van der Waals surface area contributed by atoms with E-state index in [2.05, 4.69) is 15.2 Å². The number of pyridine rings is 1. The highest BCUT2D eigenvalue weighted by Crippen LogP contribution is 2.18. The molecule has 29 heavy (non-hydrogen) atoms. The van der Waals surface area contributed by atoms with Crippen LogP contribution in [0.15, 0.2) is 48.8 Å². The third-order valence-electron chi connectivity index (χ3n) is 5.06. The number of aryl methyl sites for hydroxylation is 1. The van der Waals surface area contributed by atoms with Crippen LogP contribution < -0.4 is 0 Å². The van der Waals surface area contributed by atoms with Crippen molar-refractivity contribution in [3.8, 4) is 11.3 Å². The van der Waals surface area contributed by atoms with Gasteiger partial charge in [0.05, 0.1) is 5.69 Å². The summed E-state index contributed by atoms with van der Waals surface area (Å²) in [6, 6.07) is 9.85. The number of rotatable bonds is 3. The molecule has 0 aliphatic carbocycles. The number of hydrogen-bond acceptors (Lipinski definition) is 4. The fourth-order valence-corrected chi connectivity index (χ4v) is 3.29. The van der Waals surface area contributed by atoms with Gasteiger partial charge >= 0.3 is 0 Å². The highest BCUT2D eigenvalue weighted by molar-refractivity contribution is 5.95. The first-order chi connectivity index (χ1) is 14.0. The van der Waals surface area contributed by atoms with Crippen molar-refractivity contribution in [2.45, 2.75) is 6.92 Å². The van der Waals surface area contributed by atoms with E-state index in [1.165, 1.54) is 6.07 Å². The van der Waals surface area contributed by atoms with Crippen LogP contribution in [0.4, 0.5) is 4.39 Å². The number of nitrogens with zero attached hydrogens (tertiary/aromatic N) is 4. The lowest BCUT2D eigenvalue weighted by molar-refractivity contribution is 0.0532. The summed E-state index contributed by atoms with van der Waals surface area (Å²) in [6.45, 7) is 3.26. The minimum atomic E-state index is -0.395. The number of benzene rings is 1. The minimum Gasteiger partial charge on any atom is -0.335 e. The van der Waals surface area contributed by atoms with Crippen LogP contribution in [-0.4, -0.2) is 63.0 Å². The van der Waals surface area contributed by atoms with Gasteiger partial charge < -0.3 is 9.80 Å². The number of nitrogens with one attached hydrogen (secondary N) is 1. The maximum atomic E-state index is 13.8. The second-order valence-electron chi connectivity index (χ2n) is 6.95. The Balaban J connectivity index is 1.39. The summed E-state index contributed by atoms with van der Waals surface area (Å²) in [5.74, 6) is -0.780. The van der Waals surface area contributed by atoms with Crippen LogP contribution >= 0.6 is 0 Å². The third kappa shape index (κ3) is 3.87. The maximum absolute atomic E-state index is 13.8. The van der Waals surface area contributed by atoms with E-state index in [1.807, 2.05) is 12.1 Å². The van der Waals surface area contributed by atoms with Gasteiger partial charge in [0.25, 0.3) is 11.8 Å². The Morgan fingerprint density at radius 2 is 1.62 bits per heavy atom. The molecule has 1 aliphatic heterocycles. The van der Waals surface area contributed by atoms with E-state index in [1.54, 1.807) is 47.3 Å². The van der Waals surface area contributed by atoms with Crippen molar-refractivity contribution in [1.29, 1.82) is 0 Å². The van der Waals surface area contributed by atoms with Crippen LogP contribution in [0, 0.1) is 12.7 Å². The van der Waals surface area contributed by atoms with Gasteiger partial charge in [0.15, 0.2) is 0 Å². The first kappa shape index (κ1) is 18.8. The van der Waals surface area contributed by atoms with Crippen molar-refractivity contribution < 1.29 is 14.0 Å². The first-order valence-corrected chi connectivity index (χ1v) is 9.33. The lowest BCUT2D eigenvalue weighted by Crippen LogP contribution is -2.50. The van der Waals surface area contributed by atoms with Crippen LogP contribution in [-0.2, 0) is 0 Å². The van der Waals surface area contributed by atoms with E-state index < -0.39 is 5.82 Å². The van der Waals surface area contributed by atoms with Gasteiger partial charge in [0.1, 0.15) is 11.5 Å². The summed E-state index contributed by atoms with van der Waals surface area (Å²) in [7, 11) is 0. The van der Waals surface area contributed by atoms with Crippen LogP contribution in [0.5, 0.6) is 0 Å². The van der Waals surface area contributed by atoms with Crippen molar-refractivity contribution in [1.82, 2.24) is 25.0 Å². The summed E-state index contributed by atoms with van der Waals surface area (Å²) < 4.78 is 13.8. The van der Waals surface area contributed by atoms with Crippen molar-refractivity contribution >= 4 is 11.8 Å². The lowest BCUT2D eigenvalue weighted by atomic mass is 10.1. The Bertz CT molecular complexity index is 1040. The predicted octanol–water partition coefficient (Wildman–Crippen LogP) is 2.52. The molecule has 2 amide bonds. The molecule has 0 unspecified atom stereocenters. The average Bonchev–Trinajstić information content (AvgIpc) is 3.26. The van der Waals surface area contributed by atoms with E-state index >= 15 is 0 Å². The molecule has 1 aliphatic rings. The summed E-state index contributed by atoms with van der Waals surface area (Å²) in [6.07, 6.45) is 3.34. The molecule has 1 saturated heterocycles. The van der Waals surface area contributed by atoms with Crippen LogP contribution in [0.25, 0.3) is 11.3 Å². The van der Waals surface area contributed by atoms with Gasteiger partial charge in [-0.25, -0.2) is 4.39 Å². The molecular weight excluding hydrogens is 373 g/mol. The van der Waals surface area contributed by atoms with Gasteiger partial charge in [0.2, 0.25) is 0 Å². The molecule has 0 spiro atoms. The summed E-state index contributed by atoms with van der Waals surface area (Å²) >= 11 is 0. The normalized spacial score (nSPS) is 14.1. The zero-order valence-corrected chi connectivity index (χ0v) is 15.9. The quantitative estimate of drug-likeness (QED) is 0.741. The molecule has 3 heterocycles. The summed E-state index contributed by atoms with van der Waals surface area (Å²) in [5.41, 5.74) is 2.77. The molecule has 8 heteroatoms. The van der Waals surface area contributed by atoms with Gasteiger partial charge in [0, 0.05) is 49.7 Å². The number of amides is 2. The number of hydrogen-bond donors (Lipinski definition) is 1. The highest BCUT2D eigenvalue weighted by atomic mass is 19.1. The van der Waals surface area contributed by atoms with Crippen LogP contribution in [0.1, 0.15) is 26.4 Å². The molecule has 1 aromatic carbocycles. The smallest absolute Gasteiger partial charge is 0.272 e. The molecule has 148 valence electrons. The second-order valence-corrected chi connectivity index (χ2v) is 6.95. The second kappa shape index (κ2) is 7.83. The fraction of sp³-hybridized carbons (Fsp3) is 0.238. The Morgan fingerprint density at radius 1 is 0.966 bits per heavy atom. The summed E-state index contributed by atoms with van der Waals surface area (Å²) in [4.78, 5) is 32.7. The van der Waals surface area contributed by atoms with Gasteiger partial charge in [-0.05, 0) is 42.8 Å². The molecule has 0 saturated carbocycles. The Kier molecular flexibility index (Phi) is 5.07. The Labute approximate surface area is 167 Å². The molecule has 0 bridgehead atoms. The average molecular weight is 393 g/mol. The molecule has 2 aromatic heterocycles. The first-order valence-electron chi connectivity index (χ1n) is 9.33. The molecule has 1 N–H and O–H groups in total. The molecule has 7 nitrogen and oxygen atoms in total. The van der Waals surface area contributed by atoms with E-state index in [9.17, 15) is 14.0 Å². The zero-order chi connectivity index (χ0) is 20.4. The van der Waals surface area contributed by atoms with E-state index in [-0.39, 0.29) is 11.8 Å². The monoisotopic (exact) mass is 393 g/mol. The van der Waals surface area contributed by atoms with E-state index in [0.29, 0.717) is 48.7 Å². The number of halogens is 1. The number of H-pyrrole nitrogens is 1.